The molecule has 4 nitrogen and oxygen atoms in total. The van der Waals surface area contributed by atoms with Crippen LogP contribution in [0.5, 0.6) is 0 Å². The Morgan fingerprint density at radius 2 is 2.13 bits per heavy atom. The van der Waals surface area contributed by atoms with Gasteiger partial charge in [-0.15, -0.1) is 0 Å². The van der Waals surface area contributed by atoms with Crippen LogP contribution in [-0.2, 0) is 4.74 Å². The Labute approximate surface area is 87.5 Å². The number of rotatable bonds is 1. The lowest BCUT2D eigenvalue weighted by molar-refractivity contribution is 0.180. The number of anilines is 1. The van der Waals surface area contributed by atoms with Crippen LogP contribution in [0.15, 0.2) is 30.5 Å². The molecule has 1 heterocycles. The highest BCUT2D eigenvalue weighted by molar-refractivity contribution is 6.00. The van der Waals surface area contributed by atoms with Crippen molar-refractivity contribution in [2.75, 3.05) is 19.1 Å². The molecular weight excluding hydrogens is 192 g/mol. The summed E-state index contributed by atoms with van der Waals surface area (Å²) in [6.07, 6.45) is 1.42. The third kappa shape index (κ3) is 1.54. The van der Waals surface area contributed by atoms with Gasteiger partial charge in [0.15, 0.2) is 0 Å². The van der Waals surface area contributed by atoms with Crippen molar-refractivity contribution >= 4 is 22.7 Å². The van der Waals surface area contributed by atoms with Gasteiger partial charge in [0.2, 0.25) is 0 Å². The van der Waals surface area contributed by atoms with E-state index in [4.69, 9.17) is 0 Å². The number of nitrogens with one attached hydrogen (secondary N) is 1. The number of hydrogen-bond acceptors (Lipinski definition) is 2. The van der Waals surface area contributed by atoms with E-state index in [9.17, 15) is 4.79 Å². The minimum Gasteiger partial charge on any atom is -0.452 e. The van der Waals surface area contributed by atoms with E-state index in [1.54, 1.807) is 13.2 Å². The van der Waals surface area contributed by atoms with Gasteiger partial charge < -0.3 is 9.72 Å². The zero-order valence-corrected chi connectivity index (χ0v) is 8.65. The molecule has 0 aliphatic rings. The Hall–Kier alpha value is -1.97. The molecule has 0 aliphatic heterocycles. The maximum atomic E-state index is 11.3. The summed E-state index contributed by atoms with van der Waals surface area (Å²) in [5.74, 6) is 0. The van der Waals surface area contributed by atoms with Crippen LogP contribution >= 0.6 is 0 Å². The van der Waals surface area contributed by atoms with E-state index in [0.717, 1.165) is 16.6 Å². The molecule has 15 heavy (non-hydrogen) atoms. The first-order valence-electron chi connectivity index (χ1n) is 4.62. The fraction of sp³-hybridized carbons (Fsp3) is 0.182. The predicted molar refractivity (Wildman–Crippen MR) is 59.1 cm³/mol. The second-order valence-electron chi connectivity index (χ2n) is 3.25. The van der Waals surface area contributed by atoms with Crippen LogP contribution in [0.25, 0.3) is 10.9 Å². The van der Waals surface area contributed by atoms with E-state index in [1.165, 1.54) is 12.0 Å². The zero-order valence-electron chi connectivity index (χ0n) is 8.65. The summed E-state index contributed by atoms with van der Waals surface area (Å²) >= 11 is 0. The van der Waals surface area contributed by atoms with Crippen LogP contribution in [0.1, 0.15) is 0 Å². The van der Waals surface area contributed by atoms with Crippen molar-refractivity contribution in [3.8, 4) is 0 Å². The molecule has 0 atom stereocenters. The average Bonchev–Trinajstić information content (AvgIpc) is 2.70. The molecule has 1 aromatic heterocycles. The molecule has 1 amide bonds. The van der Waals surface area contributed by atoms with E-state index >= 15 is 0 Å². The average molecular weight is 204 g/mol. The highest BCUT2D eigenvalue weighted by Gasteiger charge is 2.14. The second-order valence-corrected chi connectivity index (χ2v) is 3.25. The summed E-state index contributed by atoms with van der Waals surface area (Å²) in [6.45, 7) is 0. The van der Waals surface area contributed by atoms with Crippen molar-refractivity contribution < 1.29 is 9.53 Å². The Morgan fingerprint density at radius 1 is 1.40 bits per heavy atom. The number of fused-ring (bicyclic) bond motifs is 1. The number of carbonyl (C=O) groups is 1. The predicted octanol–water partition coefficient (Wildman–Crippen LogP) is 2.37. The van der Waals surface area contributed by atoms with Gasteiger partial charge in [0.05, 0.1) is 12.8 Å². The number of ether oxygens (including phenoxy) is 1. The molecule has 0 radical (unpaired) electrons. The maximum Gasteiger partial charge on any atom is 0.413 e. The molecule has 1 N–H and O–H groups in total. The highest BCUT2D eigenvalue weighted by Crippen LogP contribution is 2.25. The number of carbonyl (C=O) groups excluding carboxylic acids is 1. The lowest BCUT2D eigenvalue weighted by atomic mass is 10.2. The summed E-state index contributed by atoms with van der Waals surface area (Å²) < 4.78 is 4.66. The van der Waals surface area contributed by atoms with E-state index in [1.807, 2.05) is 24.3 Å². The van der Waals surface area contributed by atoms with Crippen molar-refractivity contribution in [2.24, 2.45) is 0 Å². The van der Waals surface area contributed by atoms with Crippen molar-refractivity contribution in [2.45, 2.75) is 0 Å². The Bertz CT molecular complexity index is 490. The number of benzene rings is 1. The largest absolute Gasteiger partial charge is 0.452 e. The summed E-state index contributed by atoms with van der Waals surface area (Å²) in [5, 5.41) is 1.01. The third-order valence-corrected chi connectivity index (χ3v) is 2.38. The molecule has 0 spiro atoms. The molecule has 2 aromatic rings. The number of hydrogen-bond donors (Lipinski definition) is 1. The van der Waals surface area contributed by atoms with Crippen LogP contribution in [0.2, 0.25) is 0 Å². The van der Waals surface area contributed by atoms with Crippen molar-refractivity contribution in [1.29, 1.82) is 0 Å². The van der Waals surface area contributed by atoms with Gasteiger partial charge >= 0.3 is 6.09 Å². The smallest absolute Gasteiger partial charge is 0.413 e. The molecule has 2 rings (SSSR count). The quantitative estimate of drug-likeness (QED) is 0.775. The first-order valence-corrected chi connectivity index (χ1v) is 4.62. The minimum atomic E-state index is -0.375. The van der Waals surface area contributed by atoms with E-state index < -0.39 is 0 Å². The molecule has 0 saturated heterocycles. The fourth-order valence-electron chi connectivity index (χ4n) is 1.57. The van der Waals surface area contributed by atoms with E-state index in [2.05, 4.69) is 9.72 Å². The standard InChI is InChI=1S/C11H12N2O2/c1-13(11(14)15-2)10-7-12-9-6-4-3-5-8(9)10/h3-7,12H,1-2H3. The Kier molecular flexibility index (Phi) is 2.33. The van der Waals surface area contributed by atoms with Gasteiger partial charge in [-0.1, -0.05) is 18.2 Å². The summed E-state index contributed by atoms with van der Waals surface area (Å²) in [4.78, 5) is 15.9. The van der Waals surface area contributed by atoms with Crippen LogP contribution < -0.4 is 4.90 Å². The number of amides is 1. The van der Waals surface area contributed by atoms with Crippen LogP contribution in [0.3, 0.4) is 0 Å². The molecule has 0 fully saturated rings. The van der Waals surface area contributed by atoms with Crippen LogP contribution in [0, 0.1) is 0 Å². The number of H-pyrrole nitrogens is 1. The van der Waals surface area contributed by atoms with Crippen molar-refractivity contribution in [3.63, 3.8) is 0 Å². The number of para-hydroxylation sites is 1. The zero-order chi connectivity index (χ0) is 10.8. The van der Waals surface area contributed by atoms with Crippen LogP contribution in [0.4, 0.5) is 10.5 Å². The monoisotopic (exact) mass is 204 g/mol. The van der Waals surface area contributed by atoms with Crippen molar-refractivity contribution in [3.05, 3.63) is 30.5 Å². The molecule has 0 aliphatic carbocycles. The number of methoxy groups -OCH3 is 1. The Morgan fingerprint density at radius 3 is 2.87 bits per heavy atom. The van der Waals surface area contributed by atoms with Gasteiger partial charge in [-0.3, -0.25) is 4.90 Å². The van der Waals surface area contributed by atoms with Gasteiger partial charge in [-0.25, -0.2) is 4.79 Å². The molecule has 78 valence electrons. The van der Waals surface area contributed by atoms with Gasteiger partial charge in [0.1, 0.15) is 0 Å². The third-order valence-electron chi connectivity index (χ3n) is 2.38. The Balaban J connectivity index is 2.48. The highest BCUT2D eigenvalue weighted by atomic mass is 16.5. The lowest BCUT2D eigenvalue weighted by Gasteiger charge is -2.13. The second kappa shape index (κ2) is 3.65. The first kappa shape index (κ1) is 9.58. The number of aromatic amines is 1. The van der Waals surface area contributed by atoms with Gasteiger partial charge in [0, 0.05) is 24.1 Å². The molecule has 4 heteroatoms. The van der Waals surface area contributed by atoms with Crippen LogP contribution in [-0.4, -0.2) is 25.2 Å². The molecule has 0 unspecified atom stereocenters. The molecule has 0 bridgehead atoms. The van der Waals surface area contributed by atoms with Crippen molar-refractivity contribution in [1.82, 2.24) is 4.98 Å². The van der Waals surface area contributed by atoms with Gasteiger partial charge in [-0.2, -0.15) is 0 Å². The molecular formula is C11H12N2O2. The molecule has 0 saturated carbocycles. The normalized spacial score (nSPS) is 10.3. The van der Waals surface area contributed by atoms with Gasteiger partial charge in [0.25, 0.3) is 0 Å². The SMILES string of the molecule is COC(=O)N(C)c1c[nH]c2ccccc12. The maximum absolute atomic E-state index is 11.3. The summed E-state index contributed by atoms with van der Waals surface area (Å²) in [5.41, 5.74) is 1.82. The topological polar surface area (TPSA) is 45.3 Å². The fourth-order valence-corrected chi connectivity index (χ4v) is 1.57. The lowest BCUT2D eigenvalue weighted by Crippen LogP contribution is -2.25. The summed E-state index contributed by atoms with van der Waals surface area (Å²) in [6, 6.07) is 7.80. The summed E-state index contributed by atoms with van der Waals surface area (Å²) in [7, 11) is 3.05. The van der Waals surface area contributed by atoms with E-state index in [0.29, 0.717) is 0 Å². The van der Waals surface area contributed by atoms with Gasteiger partial charge in [-0.05, 0) is 6.07 Å². The number of nitrogens with zero attached hydrogens (tertiary/aromatic N) is 1. The number of aromatic nitrogens is 1. The molecule has 1 aromatic carbocycles. The first-order chi connectivity index (χ1) is 7.24. The minimum absolute atomic E-state index is 0.375. The van der Waals surface area contributed by atoms with E-state index in [-0.39, 0.29) is 6.09 Å².